The molecule has 18 heavy (non-hydrogen) atoms. The van der Waals surface area contributed by atoms with Crippen molar-refractivity contribution in [1.82, 2.24) is 20.2 Å². The summed E-state index contributed by atoms with van der Waals surface area (Å²) in [6.07, 6.45) is 2.16. The maximum absolute atomic E-state index is 6.24. The highest BCUT2D eigenvalue weighted by atomic mass is 35.5. The van der Waals surface area contributed by atoms with Crippen LogP contribution >= 0.6 is 11.6 Å². The molecule has 1 unspecified atom stereocenters. The molecule has 2 aromatic rings. The van der Waals surface area contributed by atoms with Gasteiger partial charge < -0.3 is 0 Å². The fourth-order valence-electron chi connectivity index (χ4n) is 1.86. The van der Waals surface area contributed by atoms with Crippen molar-refractivity contribution in [2.45, 2.75) is 19.4 Å². The molecule has 3 N–H and O–H groups in total. The van der Waals surface area contributed by atoms with E-state index in [1.165, 1.54) is 6.33 Å². The first-order valence-electron chi connectivity index (χ1n) is 5.67. The largest absolute Gasteiger partial charge is 0.271 e. The standard InChI is InChI=1S/C12H16ClN5/c1-8-3-4-9(10(13)5-8)11(17-14)6-12-15-7-16-18(12)2/h3-5,7,11,17H,6,14H2,1-2H3. The molecule has 6 heteroatoms. The van der Waals surface area contributed by atoms with E-state index in [1.54, 1.807) is 4.68 Å². The minimum Gasteiger partial charge on any atom is -0.271 e. The number of rotatable bonds is 4. The van der Waals surface area contributed by atoms with Gasteiger partial charge in [0.1, 0.15) is 12.2 Å². The minimum absolute atomic E-state index is 0.0824. The van der Waals surface area contributed by atoms with Crippen LogP contribution in [-0.2, 0) is 13.5 Å². The van der Waals surface area contributed by atoms with Gasteiger partial charge in [-0.25, -0.2) is 4.98 Å². The lowest BCUT2D eigenvalue weighted by atomic mass is 10.0. The quantitative estimate of drug-likeness (QED) is 0.650. The van der Waals surface area contributed by atoms with Crippen molar-refractivity contribution in [2.24, 2.45) is 12.9 Å². The Balaban J connectivity index is 2.26. The topological polar surface area (TPSA) is 68.8 Å². The number of nitrogens with two attached hydrogens (primary N) is 1. The number of hydrogen-bond donors (Lipinski definition) is 2. The van der Waals surface area contributed by atoms with E-state index < -0.39 is 0 Å². The second-order valence-electron chi connectivity index (χ2n) is 4.25. The number of nitrogens with zero attached hydrogens (tertiary/aromatic N) is 3. The van der Waals surface area contributed by atoms with Crippen LogP contribution in [-0.4, -0.2) is 14.8 Å². The molecule has 96 valence electrons. The molecule has 0 aliphatic rings. The summed E-state index contributed by atoms with van der Waals surface area (Å²) in [5, 5.41) is 4.75. The molecule has 0 saturated carbocycles. The molecule has 0 radical (unpaired) electrons. The number of halogens is 1. The summed E-state index contributed by atoms with van der Waals surface area (Å²) in [4.78, 5) is 4.19. The average molecular weight is 266 g/mol. The van der Waals surface area contributed by atoms with Gasteiger partial charge in [-0.1, -0.05) is 23.7 Å². The van der Waals surface area contributed by atoms with Crippen molar-refractivity contribution in [3.63, 3.8) is 0 Å². The van der Waals surface area contributed by atoms with Crippen molar-refractivity contribution >= 4 is 11.6 Å². The van der Waals surface area contributed by atoms with Crippen LogP contribution in [0.5, 0.6) is 0 Å². The van der Waals surface area contributed by atoms with Crippen molar-refractivity contribution in [3.8, 4) is 0 Å². The molecule has 0 aliphatic carbocycles. The van der Waals surface area contributed by atoms with E-state index in [2.05, 4.69) is 15.5 Å². The molecule has 0 spiro atoms. The lowest BCUT2D eigenvalue weighted by Gasteiger charge is -2.17. The van der Waals surface area contributed by atoms with Crippen LogP contribution in [0.25, 0.3) is 0 Å². The summed E-state index contributed by atoms with van der Waals surface area (Å²) < 4.78 is 1.73. The van der Waals surface area contributed by atoms with Gasteiger partial charge in [-0.2, -0.15) is 5.10 Å². The SMILES string of the molecule is Cc1ccc(C(Cc2ncnn2C)NN)c(Cl)c1. The molecule has 0 aliphatic heterocycles. The molecule has 0 amide bonds. The fourth-order valence-corrected chi connectivity index (χ4v) is 2.23. The number of hydrogen-bond acceptors (Lipinski definition) is 4. The zero-order chi connectivity index (χ0) is 13.1. The highest BCUT2D eigenvalue weighted by Gasteiger charge is 2.16. The summed E-state index contributed by atoms with van der Waals surface area (Å²) in [7, 11) is 1.85. The Bertz CT molecular complexity index is 537. The van der Waals surface area contributed by atoms with E-state index in [0.717, 1.165) is 17.0 Å². The average Bonchev–Trinajstić information content (AvgIpc) is 2.73. The normalized spacial score (nSPS) is 12.7. The molecule has 1 aromatic carbocycles. The summed E-state index contributed by atoms with van der Waals surface area (Å²) in [5.74, 6) is 6.47. The first-order chi connectivity index (χ1) is 8.61. The molecular formula is C12H16ClN5. The van der Waals surface area contributed by atoms with Crippen molar-refractivity contribution in [1.29, 1.82) is 0 Å². The van der Waals surface area contributed by atoms with Crippen molar-refractivity contribution < 1.29 is 0 Å². The number of hydrazine groups is 1. The maximum Gasteiger partial charge on any atom is 0.138 e. The van der Waals surface area contributed by atoms with Gasteiger partial charge in [0, 0.05) is 18.5 Å². The van der Waals surface area contributed by atoms with Crippen LogP contribution in [0.15, 0.2) is 24.5 Å². The number of benzene rings is 1. The summed E-state index contributed by atoms with van der Waals surface area (Å²) >= 11 is 6.24. The molecule has 2 rings (SSSR count). The maximum atomic E-state index is 6.24. The number of nitrogens with one attached hydrogen (secondary N) is 1. The van der Waals surface area contributed by atoms with Crippen LogP contribution in [0.2, 0.25) is 5.02 Å². The molecule has 1 atom stereocenters. The predicted octanol–water partition coefficient (Wildman–Crippen LogP) is 1.52. The van der Waals surface area contributed by atoms with Crippen LogP contribution in [0.3, 0.4) is 0 Å². The molecule has 0 fully saturated rings. The van der Waals surface area contributed by atoms with Gasteiger partial charge in [-0.15, -0.1) is 0 Å². The van der Waals surface area contributed by atoms with Gasteiger partial charge in [0.25, 0.3) is 0 Å². The lowest BCUT2D eigenvalue weighted by Crippen LogP contribution is -2.30. The van der Waals surface area contributed by atoms with E-state index in [0.29, 0.717) is 11.4 Å². The Morgan fingerprint density at radius 3 is 2.83 bits per heavy atom. The first-order valence-corrected chi connectivity index (χ1v) is 6.04. The Morgan fingerprint density at radius 2 is 2.28 bits per heavy atom. The van der Waals surface area contributed by atoms with E-state index in [-0.39, 0.29) is 6.04 Å². The highest BCUT2D eigenvalue weighted by molar-refractivity contribution is 6.31. The second kappa shape index (κ2) is 5.48. The van der Waals surface area contributed by atoms with Crippen LogP contribution in [0, 0.1) is 6.92 Å². The molecule has 1 heterocycles. The lowest BCUT2D eigenvalue weighted by molar-refractivity contribution is 0.523. The second-order valence-corrected chi connectivity index (χ2v) is 4.66. The molecule has 0 bridgehead atoms. The van der Waals surface area contributed by atoms with E-state index in [4.69, 9.17) is 17.4 Å². The monoisotopic (exact) mass is 265 g/mol. The van der Waals surface area contributed by atoms with Gasteiger partial charge in [0.15, 0.2) is 0 Å². The van der Waals surface area contributed by atoms with Gasteiger partial charge in [0.2, 0.25) is 0 Å². The number of aryl methyl sites for hydroxylation is 2. The smallest absolute Gasteiger partial charge is 0.138 e. The molecular weight excluding hydrogens is 250 g/mol. The summed E-state index contributed by atoms with van der Waals surface area (Å²) in [6, 6.07) is 5.85. The van der Waals surface area contributed by atoms with Crippen molar-refractivity contribution in [2.75, 3.05) is 0 Å². The van der Waals surface area contributed by atoms with E-state index in [9.17, 15) is 0 Å². The van der Waals surface area contributed by atoms with Gasteiger partial charge in [-0.05, 0) is 24.1 Å². The first kappa shape index (κ1) is 13.0. The van der Waals surface area contributed by atoms with E-state index >= 15 is 0 Å². The predicted molar refractivity (Wildman–Crippen MR) is 71.0 cm³/mol. The zero-order valence-corrected chi connectivity index (χ0v) is 11.1. The van der Waals surface area contributed by atoms with Crippen molar-refractivity contribution in [3.05, 3.63) is 46.5 Å². The van der Waals surface area contributed by atoms with Gasteiger partial charge in [0.05, 0.1) is 6.04 Å². The Kier molecular flexibility index (Phi) is 3.96. The minimum atomic E-state index is -0.0824. The highest BCUT2D eigenvalue weighted by Crippen LogP contribution is 2.25. The number of aromatic nitrogens is 3. The summed E-state index contributed by atoms with van der Waals surface area (Å²) in [6.45, 7) is 2.00. The Labute approximate surface area is 111 Å². The fraction of sp³-hybridized carbons (Fsp3) is 0.333. The van der Waals surface area contributed by atoms with E-state index in [1.807, 2.05) is 32.2 Å². The van der Waals surface area contributed by atoms with Gasteiger partial charge in [-0.3, -0.25) is 16.0 Å². The van der Waals surface area contributed by atoms with Crippen LogP contribution in [0.4, 0.5) is 0 Å². The molecule has 0 saturated heterocycles. The third-order valence-electron chi connectivity index (χ3n) is 2.92. The van der Waals surface area contributed by atoms with Crippen LogP contribution < -0.4 is 11.3 Å². The third-order valence-corrected chi connectivity index (χ3v) is 3.25. The third kappa shape index (κ3) is 2.69. The zero-order valence-electron chi connectivity index (χ0n) is 10.4. The van der Waals surface area contributed by atoms with Crippen LogP contribution in [0.1, 0.15) is 23.0 Å². The molecule has 5 nitrogen and oxygen atoms in total. The van der Waals surface area contributed by atoms with Gasteiger partial charge >= 0.3 is 0 Å². The molecule has 1 aromatic heterocycles. The Hall–Kier alpha value is -1.43. The Morgan fingerprint density at radius 1 is 1.50 bits per heavy atom. The summed E-state index contributed by atoms with van der Waals surface area (Å²) in [5.41, 5.74) is 4.87.